The molecule has 6 rings (SSSR count). The molecule has 3 aromatic rings. The van der Waals surface area contributed by atoms with Crippen molar-refractivity contribution >= 4 is 27.1 Å². The number of anilines is 1. The Bertz CT molecular complexity index is 1480. The zero-order valence-electron chi connectivity index (χ0n) is 22.4. The summed E-state index contributed by atoms with van der Waals surface area (Å²) in [5, 5.41) is 13.6. The number of amides is 1. The highest BCUT2D eigenvalue weighted by atomic mass is 32.2. The van der Waals surface area contributed by atoms with Crippen molar-refractivity contribution in [1.29, 1.82) is 0 Å². The van der Waals surface area contributed by atoms with E-state index in [-0.39, 0.29) is 23.6 Å². The van der Waals surface area contributed by atoms with Crippen molar-refractivity contribution in [2.24, 2.45) is 0 Å². The predicted octanol–water partition coefficient (Wildman–Crippen LogP) is 3.41. The van der Waals surface area contributed by atoms with Crippen LogP contribution >= 0.6 is 0 Å². The first kappa shape index (κ1) is 26.6. The van der Waals surface area contributed by atoms with Crippen molar-refractivity contribution in [3.8, 4) is 11.1 Å². The highest BCUT2D eigenvalue weighted by Crippen LogP contribution is 2.26. The van der Waals surface area contributed by atoms with Gasteiger partial charge in [0.05, 0.1) is 17.2 Å². The van der Waals surface area contributed by atoms with Crippen LogP contribution in [0.2, 0.25) is 0 Å². The second-order valence-corrected chi connectivity index (χ2v) is 13.1. The van der Waals surface area contributed by atoms with Crippen LogP contribution in [0, 0.1) is 0 Å². The number of carbonyl (C=O) groups is 1. The predicted molar refractivity (Wildman–Crippen MR) is 159 cm³/mol. The van der Waals surface area contributed by atoms with Gasteiger partial charge in [-0.25, -0.2) is 8.42 Å². The molecule has 3 aromatic carbocycles. The normalized spacial score (nSPS) is 22.2. The molecule has 3 heterocycles. The molecule has 2 saturated heterocycles. The molecule has 9 heteroatoms. The van der Waals surface area contributed by atoms with Gasteiger partial charge in [0.1, 0.15) is 6.17 Å². The summed E-state index contributed by atoms with van der Waals surface area (Å²) >= 11 is 0. The number of sulfone groups is 1. The van der Waals surface area contributed by atoms with E-state index >= 15 is 0 Å². The lowest BCUT2D eigenvalue weighted by atomic mass is 10.0. The standard InChI is InChI=1S/C31H35N5O3S/c37-31(34-27-12-6-22(7-13-27)21-36-15-17-40(38,39)18-16-36)24-10-8-23(9-11-24)25-3-1-4-26(19-25)29-20-33-30(35-29)28-5-2-14-32-28/h1,3-4,6-13,19-20,28,30,32-33,35H,2,5,14-18,21H2,(H,34,37)/t28-,30?/m0/s1. The van der Waals surface area contributed by atoms with Crippen molar-refractivity contribution < 1.29 is 13.2 Å². The third-order valence-corrected chi connectivity index (χ3v) is 9.54. The fourth-order valence-corrected chi connectivity index (χ4v) is 6.82. The Kier molecular flexibility index (Phi) is 7.60. The van der Waals surface area contributed by atoms with E-state index in [1.54, 1.807) is 0 Å². The molecule has 0 saturated carbocycles. The van der Waals surface area contributed by atoms with Crippen LogP contribution in [0.5, 0.6) is 0 Å². The SMILES string of the molecule is O=C(Nc1ccc(CN2CCS(=O)(=O)CC2)cc1)c1ccc(-c2cccc(C3=CNC([C@@H]4CCCN4)N3)c2)cc1. The lowest BCUT2D eigenvalue weighted by molar-refractivity contribution is 0.102. The van der Waals surface area contributed by atoms with Crippen LogP contribution in [0.15, 0.2) is 79.0 Å². The summed E-state index contributed by atoms with van der Waals surface area (Å²) in [7, 11) is -2.88. The third kappa shape index (κ3) is 6.22. The highest BCUT2D eigenvalue weighted by Gasteiger charge is 2.27. The fourth-order valence-electron chi connectivity index (χ4n) is 5.55. The molecule has 1 unspecified atom stereocenters. The largest absolute Gasteiger partial charge is 0.368 e. The lowest BCUT2D eigenvalue weighted by Crippen LogP contribution is -2.47. The Labute approximate surface area is 235 Å². The smallest absolute Gasteiger partial charge is 0.255 e. The molecule has 2 fully saturated rings. The molecular weight excluding hydrogens is 522 g/mol. The summed E-state index contributed by atoms with van der Waals surface area (Å²) in [6.45, 7) is 2.90. The number of carbonyl (C=O) groups excluding carboxylic acids is 1. The molecule has 0 aromatic heterocycles. The van der Waals surface area contributed by atoms with Gasteiger partial charge < -0.3 is 21.3 Å². The molecule has 3 aliphatic rings. The van der Waals surface area contributed by atoms with Crippen LogP contribution in [-0.4, -0.2) is 62.6 Å². The van der Waals surface area contributed by atoms with Gasteiger partial charge in [0.2, 0.25) is 0 Å². The number of nitrogens with zero attached hydrogens (tertiary/aromatic N) is 1. The van der Waals surface area contributed by atoms with Crippen LogP contribution < -0.4 is 21.3 Å². The van der Waals surface area contributed by atoms with Crippen LogP contribution in [0.1, 0.15) is 34.3 Å². The van der Waals surface area contributed by atoms with E-state index in [4.69, 9.17) is 0 Å². The summed E-state index contributed by atoms with van der Waals surface area (Å²) in [4.78, 5) is 15.0. The van der Waals surface area contributed by atoms with Crippen molar-refractivity contribution in [3.63, 3.8) is 0 Å². The summed E-state index contributed by atoms with van der Waals surface area (Å²) in [6, 6.07) is 24.3. The molecule has 208 valence electrons. The summed E-state index contributed by atoms with van der Waals surface area (Å²) in [5.41, 5.74) is 6.77. The summed E-state index contributed by atoms with van der Waals surface area (Å²) < 4.78 is 23.3. The molecule has 4 N–H and O–H groups in total. The molecule has 1 amide bonds. The topological polar surface area (TPSA) is 103 Å². The van der Waals surface area contributed by atoms with Gasteiger partial charge in [0, 0.05) is 43.1 Å². The number of hydrogen-bond acceptors (Lipinski definition) is 7. The van der Waals surface area contributed by atoms with Crippen LogP contribution in [0.3, 0.4) is 0 Å². The average Bonchev–Trinajstić information content (AvgIpc) is 3.68. The van der Waals surface area contributed by atoms with E-state index in [2.05, 4.69) is 56.6 Å². The first-order valence-electron chi connectivity index (χ1n) is 13.9. The van der Waals surface area contributed by atoms with Crippen molar-refractivity contribution in [2.75, 3.05) is 36.5 Å². The van der Waals surface area contributed by atoms with Crippen LogP contribution in [-0.2, 0) is 16.4 Å². The summed E-state index contributed by atoms with van der Waals surface area (Å²) in [6.07, 6.45) is 4.66. The molecule has 0 spiro atoms. The van der Waals surface area contributed by atoms with E-state index in [1.165, 1.54) is 12.8 Å². The lowest BCUT2D eigenvalue weighted by Gasteiger charge is -2.26. The Balaban J connectivity index is 1.05. The van der Waals surface area contributed by atoms with Gasteiger partial charge in [-0.15, -0.1) is 0 Å². The molecule has 40 heavy (non-hydrogen) atoms. The van der Waals surface area contributed by atoms with E-state index in [0.29, 0.717) is 31.2 Å². The Hall–Kier alpha value is -3.66. The molecule has 2 atom stereocenters. The van der Waals surface area contributed by atoms with Crippen LogP contribution in [0.25, 0.3) is 16.8 Å². The quantitative estimate of drug-likeness (QED) is 0.353. The number of hydrogen-bond donors (Lipinski definition) is 4. The Morgan fingerprint density at radius 1 is 0.925 bits per heavy atom. The van der Waals surface area contributed by atoms with E-state index in [0.717, 1.165) is 40.2 Å². The van der Waals surface area contributed by atoms with Gasteiger partial charge in [0.15, 0.2) is 9.84 Å². The maximum Gasteiger partial charge on any atom is 0.255 e. The summed E-state index contributed by atoms with van der Waals surface area (Å²) in [5.74, 6) is 0.278. The minimum Gasteiger partial charge on any atom is -0.368 e. The van der Waals surface area contributed by atoms with E-state index in [9.17, 15) is 13.2 Å². The minimum absolute atomic E-state index is 0.160. The van der Waals surface area contributed by atoms with Gasteiger partial charge in [-0.3, -0.25) is 9.69 Å². The van der Waals surface area contributed by atoms with E-state index in [1.807, 2.05) is 48.5 Å². The zero-order chi connectivity index (χ0) is 27.5. The Morgan fingerprint density at radius 2 is 1.68 bits per heavy atom. The fraction of sp³-hybridized carbons (Fsp3) is 0.323. The van der Waals surface area contributed by atoms with Crippen molar-refractivity contribution in [3.05, 3.63) is 95.7 Å². The molecule has 0 bridgehead atoms. The first-order valence-corrected chi connectivity index (χ1v) is 15.7. The number of nitrogens with one attached hydrogen (secondary N) is 4. The maximum atomic E-state index is 12.9. The highest BCUT2D eigenvalue weighted by molar-refractivity contribution is 7.91. The maximum absolute atomic E-state index is 12.9. The monoisotopic (exact) mass is 557 g/mol. The molecular formula is C31H35N5O3S. The van der Waals surface area contributed by atoms with Gasteiger partial charge in [-0.1, -0.05) is 42.5 Å². The van der Waals surface area contributed by atoms with Gasteiger partial charge >= 0.3 is 0 Å². The molecule has 8 nitrogen and oxygen atoms in total. The van der Waals surface area contributed by atoms with Gasteiger partial charge in [-0.05, 0) is 72.0 Å². The van der Waals surface area contributed by atoms with Gasteiger partial charge in [-0.2, -0.15) is 0 Å². The van der Waals surface area contributed by atoms with Crippen molar-refractivity contribution in [1.82, 2.24) is 20.9 Å². The van der Waals surface area contributed by atoms with Crippen LogP contribution in [0.4, 0.5) is 5.69 Å². The number of benzene rings is 3. The second kappa shape index (κ2) is 11.4. The zero-order valence-corrected chi connectivity index (χ0v) is 23.2. The first-order chi connectivity index (χ1) is 19.4. The Morgan fingerprint density at radius 3 is 2.40 bits per heavy atom. The van der Waals surface area contributed by atoms with Gasteiger partial charge in [0.25, 0.3) is 5.91 Å². The minimum atomic E-state index is -2.88. The second-order valence-electron chi connectivity index (χ2n) is 10.8. The molecule has 0 radical (unpaired) electrons. The van der Waals surface area contributed by atoms with E-state index < -0.39 is 9.84 Å². The van der Waals surface area contributed by atoms with Crippen molar-refractivity contribution in [2.45, 2.75) is 31.6 Å². The third-order valence-electron chi connectivity index (χ3n) is 7.93. The average molecular weight is 558 g/mol. The number of rotatable bonds is 7. The molecule has 3 aliphatic heterocycles. The molecule has 0 aliphatic carbocycles.